The Morgan fingerprint density at radius 1 is 1.14 bits per heavy atom. The highest BCUT2D eigenvalue weighted by atomic mass is 15.0. The number of hydrogen-bond donors (Lipinski definition) is 2. The van der Waals surface area contributed by atoms with Gasteiger partial charge < -0.3 is 10.3 Å². The number of hydrogen-bond acceptors (Lipinski definition) is 3. The molecule has 0 aliphatic carbocycles. The summed E-state index contributed by atoms with van der Waals surface area (Å²) in [6, 6.07) is 14.7. The molecule has 0 aliphatic rings. The normalized spacial score (nSPS) is 12.0. The Morgan fingerprint density at radius 3 is 2.71 bits per heavy atom. The zero-order chi connectivity index (χ0) is 14.5. The quantitative estimate of drug-likeness (QED) is 0.740. The summed E-state index contributed by atoms with van der Waals surface area (Å²) in [4.78, 5) is 11.7. The zero-order valence-corrected chi connectivity index (χ0v) is 12.0. The number of imidazole rings is 1. The van der Waals surface area contributed by atoms with E-state index in [1.165, 1.54) is 5.56 Å². The van der Waals surface area contributed by atoms with Crippen molar-refractivity contribution >= 4 is 5.82 Å². The van der Waals surface area contributed by atoms with Gasteiger partial charge in [-0.15, -0.1) is 0 Å². The number of H-pyrrole nitrogens is 1. The van der Waals surface area contributed by atoms with E-state index in [0.29, 0.717) is 0 Å². The Balaban J connectivity index is 1.82. The fourth-order valence-electron chi connectivity index (χ4n) is 2.37. The Labute approximate surface area is 124 Å². The lowest BCUT2D eigenvalue weighted by Crippen LogP contribution is -2.10. The molecule has 0 spiro atoms. The van der Waals surface area contributed by atoms with E-state index in [0.717, 1.165) is 23.5 Å². The van der Waals surface area contributed by atoms with Gasteiger partial charge in [-0.2, -0.15) is 0 Å². The minimum Gasteiger partial charge on any atom is -0.363 e. The topological polar surface area (TPSA) is 53.6 Å². The fourth-order valence-corrected chi connectivity index (χ4v) is 2.37. The molecule has 0 bridgehead atoms. The van der Waals surface area contributed by atoms with Crippen LogP contribution in [0.25, 0.3) is 11.3 Å². The van der Waals surface area contributed by atoms with Crippen LogP contribution in [0.3, 0.4) is 0 Å². The largest absolute Gasteiger partial charge is 0.363 e. The molecule has 106 valence electrons. The molecule has 2 N–H and O–H groups in total. The van der Waals surface area contributed by atoms with E-state index < -0.39 is 0 Å². The fraction of sp³-hybridized carbons (Fsp3) is 0.176. The van der Waals surface area contributed by atoms with Gasteiger partial charge >= 0.3 is 0 Å². The molecular formula is C17H18N4. The monoisotopic (exact) mass is 278 g/mol. The molecule has 0 radical (unpaired) electrons. The maximum atomic E-state index is 4.41. The average Bonchev–Trinajstić information content (AvgIpc) is 3.08. The molecule has 1 aromatic carbocycles. The van der Waals surface area contributed by atoms with Gasteiger partial charge in [0.25, 0.3) is 0 Å². The SMILES string of the molecule is CCC(Nc1cc(-c2c[nH]cn2)ccn1)c1ccccc1. The Kier molecular flexibility index (Phi) is 3.96. The van der Waals surface area contributed by atoms with Crippen molar-refractivity contribution in [2.24, 2.45) is 0 Å². The Morgan fingerprint density at radius 2 is 2.00 bits per heavy atom. The van der Waals surface area contributed by atoms with Crippen molar-refractivity contribution in [2.45, 2.75) is 19.4 Å². The van der Waals surface area contributed by atoms with Crippen LogP contribution in [0.1, 0.15) is 24.9 Å². The third-order valence-electron chi connectivity index (χ3n) is 3.49. The van der Waals surface area contributed by atoms with Gasteiger partial charge in [0.1, 0.15) is 5.82 Å². The van der Waals surface area contributed by atoms with Gasteiger partial charge in [-0.1, -0.05) is 37.3 Å². The van der Waals surface area contributed by atoms with Crippen molar-refractivity contribution in [3.63, 3.8) is 0 Å². The van der Waals surface area contributed by atoms with E-state index in [4.69, 9.17) is 0 Å². The molecule has 2 aromatic heterocycles. The number of pyridine rings is 1. The summed E-state index contributed by atoms with van der Waals surface area (Å²) in [6.45, 7) is 2.17. The van der Waals surface area contributed by atoms with Crippen molar-refractivity contribution in [2.75, 3.05) is 5.32 Å². The highest BCUT2D eigenvalue weighted by Crippen LogP contribution is 2.24. The summed E-state index contributed by atoms with van der Waals surface area (Å²) in [7, 11) is 0. The number of nitrogens with zero attached hydrogens (tertiary/aromatic N) is 2. The summed E-state index contributed by atoms with van der Waals surface area (Å²) in [5, 5.41) is 3.50. The van der Waals surface area contributed by atoms with E-state index in [2.05, 4.69) is 51.5 Å². The smallest absolute Gasteiger partial charge is 0.127 e. The van der Waals surface area contributed by atoms with Gasteiger partial charge in [0, 0.05) is 18.0 Å². The maximum absolute atomic E-state index is 4.41. The van der Waals surface area contributed by atoms with Gasteiger partial charge in [-0.3, -0.25) is 0 Å². The molecule has 0 fully saturated rings. The molecule has 0 saturated carbocycles. The molecule has 0 aliphatic heterocycles. The maximum Gasteiger partial charge on any atom is 0.127 e. The Hall–Kier alpha value is -2.62. The molecule has 3 aromatic rings. The second kappa shape index (κ2) is 6.22. The van der Waals surface area contributed by atoms with Crippen molar-refractivity contribution in [3.8, 4) is 11.3 Å². The molecule has 1 atom stereocenters. The van der Waals surface area contributed by atoms with Crippen molar-refractivity contribution < 1.29 is 0 Å². The number of rotatable bonds is 5. The van der Waals surface area contributed by atoms with E-state index in [1.54, 1.807) is 6.33 Å². The van der Waals surface area contributed by atoms with Gasteiger partial charge in [0.15, 0.2) is 0 Å². The molecule has 0 saturated heterocycles. The highest BCUT2D eigenvalue weighted by Gasteiger charge is 2.10. The van der Waals surface area contributed by atoms with Crippen LogP contribution in [-0.4, -0.2) is 15.0 Å². The van der Waals surface area contributed by atoms with E-state index in [1.807, 2.05) is 30.6 Å². The predicted octanol–water partition coefficient (Wildman–Crippen LogP) is 4.03. The van der Waals surface area contributed by atoms with Gasteiger partial charge in [0.2, 0.25) is 0 Å². The molecule has 21 heavy (non-hydrogen) atoms. The first-order valence-corrected chi connectivity index (χ1v) is 7.13. The molecule has 3 rings (SSSR count). The first-order chi connectivity index (χ1) is 10.4. The number of nitrogens with one attached hydrogen (secondary N) is 2. The second-order valence-electron chi connectivity index (χ2n) is 4.90. The minimum absolute atomic E-state index is 0.258. The van der Waals surface area contributed by atoms with Crippen molar-refractivity contribution in [1.82, 2.24) is 15.0 Å². The number of anilines is 1. The van der Waals surface area contributed by atoms with Crippen LogP contribution in [0.5, 0.6) is 0 Å². The first kappa shape index (κ1) is 13.4. The third kappa shape index (κ3) is 3.11. The molecule has 2 heterocycles. The highest BCUT2D eigenvalue weighted by molar-refractivity contribution is 5.62. The standard InChI is InChI=1S/C17H18N4/c1-2-15(13-6-4-3-5-7-13)21-17-10-14(8-9-19-17)16-11-18-12-20-16/h3-12,15H,2H2,1H3,(H,18,20)(H,19,21). The average molecular weight is 278 g/mol. The van der Waals surface area contributed by atoms with Crippen LogP contribution in [0, 0.1) is 0 Å². The summed E-state index contributed by atoms with van der Waals surface area (Å²) in [5.41, 5.74) is 3.25. The lowest BCUT2D eigenvalue weighted by atomic mass is 10.0. The lowest BCUT2D eigenvalue weighted by Gasteiger charge is -2.18. The number of aromatic nitrogens is 3. The van der Waals surface area contributed by atoms with Gasteiger partial charge in [0.05, 0.1) is 18.1 Å². The van der Waals surface area contributed by atoms with Gasteiger partial charge in [-0.05, 0) is 24.1 Å². The number of benzene rings is 1. The zero-order valence-electron chi connectivity index (χ0n) is 12.0. The number of aromatic amines is 1. The first-order valence-electron chi connectivity index (χ1n) is 7.13. The lowest BCUT2D eigenvalue weighted by molar-refractivity contribution is 0.745. The second-order valence-corrected chi connectivity index (χ2v) is 4.90. The Bertz CT molecular complexity index is 677. The molecule has 0 amide bonds. The summed E-state index contributed by atoms with van der Waals surface area (Å²) < 4.78 is 0. The summed E-state index contributed by atoms with van der Waals surface area (Å²) >= 11 is 0. The van der Waals surface area contributed by atoms with Crippen LogP contribution in [0.4, 0.5) is 5.82 Å². The minimum atomic E-state index is 0.258. The molecular weight excluding hydrogens is 260 g/mol. The molecule has 1 unspecified atom stereocenters. The van der Waals surface area contributed by atoms with Crippen molar-refractivity contribution in [1.29, 1.82) is 0 Å². The van der Waals surface area contributed by atoms with E-state index in [9.17, 15) is 0 Å². The van der Waals surface area contributed by atoms with Crippen LogP contribution in [0.2, 0.25) is 0 Å². The van der Waals surface area contributed by atoms with Gasteiger partial charge in [-0.25, -0.2) is 9.97 Å². The molecule has 4 nitrogen and oxygen atoms in total. The van der Waals surface area contributed by atoms with Crippen molar-refractivity contribution in [3.05, 3.63) is 66.7 Å². The van der Waals surface area contributed by atoms with Crippen LogP contribution in [0.15, 0.2) is 61.2 Å². The summed E-state index contributed by atoms with van der Waals surface area (Å²) in [5.74, 6) is 0.867. The predicted molar refractivity (Wildman–Crippen MR) is 84.9 cm³/mol. The van der Waals surface area contributed by atoms with E-state index >= 15 is 0 Å². The molecule has 4 heteroatoms. The van der Waals surface area contributed by atoms with Crippen LogP contribution < -0.4 is 5.32 Å². The summed E-state index contributed by atoms with van der Waals surface area (Å²) in [6.07, 6.45) is 6.37. The van der Waals surface area contributed by atoms with Crippen LogP contribution >= 0.6 is 0 Å². The third-order valence-corrected chi connectivity index (χ3v) is 3.49. The van der Waals surface area contributed by atoms with E-state index in [-0.39, 0.29) is 6.04 Å². The van der Waals surface area contributed by atoms with Crippen LogP contribution in [-0.2, 0) is 0 Å².